The van der Waals surface area contributed by atoms with E-state index in [1.807, 2.05) is 144 Å². The van der Waals surface area contributed by atoms with E-state index >= 15 is 0 Å². The van der Waals surface area contributed by atoms with Crippen molar-refractivity contribution < 1.29 is 9.90 Å². The smallest absolute Gasteiger partial charge is 0.164 e. The van der Waals surface area contributed by atoms with Crippen molar-refractivity contribution in [3.8, 4) is 73.2 Å². The zero-order chi connectivity index (χ0) is 44.5. The van der Waals surface area contributed by atoms with Crippen LogP contribution in [0.25, 0.3) is 117 Å². The molecule has 0 radical (unpaired) electrons. The number of hydrogen-bond donors (Lipinski definition) is 0. The SMILES string of the molecule is [2H]c1c([2H])c([2H])c2c(c1[2H])c1cccc(-c3cc(-c4ccccc4)cc(-c4ccccc4)c3)c1n2-c1ccc(-c2nc(-c3ccccc3)nc(-c3ccc4c(c3)oc3ccccc34)n2)cc1. The van der Waals surface area contributed by atoms with E-state index in [4.69, 9.17) is 22.1 Å². The number of furan rings is 1. The standard InChI is InChI=1S/C57H36N4O/c1-4-15-37(16-5-1)42-33-43(38-17-6-2-7-18-38)35-44(34-42)46-23-14-24-50-47-21-10-12-25-51(47)61(54(46)50)45-30-27-40(28-31-45)56-58-55(39-19-8-3-9-20-39)59-57(60-56)41-29-32-49-48-22-11-13-26-52(48)62-53(49)36-41/h1-36H/i10D,12D,21D,25D. The third-order valence-corrected chi connectivity index (χ3v) is 11.6. The van der Waals surface area contributed by atoms with Crippen LogP contribution in [0.1, 0.15) is 5.48 Å². The summed E-state index contributed by atoms with van der Waals surface area (Å²) in [5.74, 6) is 1.51. The van der Waals surface area contributed by atoms with Gasteiger partial charge >= 0.3 is 0 Å². The summed E-state index contributed by atoms with van der Waals surface area (Å²) in [6, 6.07) is 64.1. The van der Waals surface area contributed by atoms with Crippen LogP contribution in [0.4, 0.5) is 0 Å². The molecule has 0 saturated carbocycles. The van der Waals surface area contributed by atoms with Gasteiger partial charge in [0, 0.05) is 49.5 Å². The largest absolute Gasteiger partial charge is 0.456 e. The lowest BCUT2D eigenvalue weighted by Crippen LogP contribution is -2.00. The highest BCUT2D eigenvalue weighted by Crippen LogP contribution is 2.41. The Morgan fingerprint density at radius 2 is 0.903 bits per heavy atom. The molecule has 0 bridgehead atoms. The summed E-state index contributed by atoms with van der Waals surface area (Å²) in [6.45, 7) is 0. The highest BCUT2D eigenvalue weighted by Gasteiger charge is 2.19. The van der Waals surface area contributed by atoms with Crippen LogP contribution in [0.3, 0.4) is 0 Å². The zero-order valence-corrected chi connectivity index (χ0v) is 33.2. The minimum absolute atomic E-state index is 0.0847. The summed E-state index contributed by atoms with van der Waals surface area (Å²) in [4.78, 5) is 15.0. The number of nitrogens with zero attached hydrogens (tertiary/aromatic N) is 4. The Kier molecular flexibility index (Phi) is 7.47. The molecule has 0 saturated heterocycles. The van der Waals surface area contributed by atoms with Gasteiger partial charge in [-0.15, -0.1) is 0 Å². The van der Waals surface area contributed by atoms with Crippen LogP contribution in [0.5, 0.6) is 0 Å². The van der Waals surface area contributed by atoms with E-state index < -0.39 is 0 Å². The summed E-state index contributed by atoms with van der Waals surface area (Å²) < 4.78 is 44.4. The molecule has 0 spiro atoms. The lowest BCUT2D eigenvalue weighted by Gasteiger charge is -2.15. The molecule has 3 heterocycles. The van der Waals surface area contributed by atoms with Gasteiger partial charge in [0.25, 0.3) is 0 Å². The van der Waals surface area contributed by atoms with Gasteiger partial charge in [-0.2, -0.15) is 0 Å². The molecule has 62 heavy (non-hydrogen) atoms. The van der Waals surface area contributed by atoms with Gasteiger partial charge in [-0.05, 0) is 94.5 Å². The van der Waals surface area contributed by atoms with Crippen LogP contribution in [-0.2, 0) is 0 Å². The van der Waals surface area contributed by atoms with Gasteiger partial charge in [-0.3, -0.25) is 0 Å². The Hall–Kier alpha value is -8.41. The van der Waals surface area contributed by atoms with Crippen molar-refractivity contribution in [3.63, 3.8) is 0 Å². The minimum Gasteiger partial charge on any atom is -0.456 e. The molecule has 12 rings (SSSR count). The molecule has 5 heteroatoms. The predicted octanol–water partition coefficient (Wildman–Crippen LogP) is 14.9. The molecule has 0 aliphatic carbocycles. The van der Waals surface area contributed by atoms with E-state index in [0.29, 0.717) is 34.1 Å². The zero-order valence-electron chi connectivity index (χ0n) is 37.2. The average molecular weight is 797 g/mol. The number of benzene rings is 9. The van der Waals surface area contributed by atoms with Gasteiger partial charge in [0.2, 0.25) is 0 Å². The number of aromatic nitrogens is 4. The molecule has 12 aromatic rings. The summed E-state index contributed by atoms with van der Waals surface area (Å²) in [7, 11) is 0. The molecular weight excluding hydrogens is 757 g/mol. The molecule has 9 aromatic carbocycles. The van der Waals surface area contributed by atoms with Crippen molar-refractivity contribution in [1.82, 2.24) is 19.5 Å². The van der Waals surface area contributed by atoms with Gasteiger partial charge < -0.3 is 8.98 Å². The third kappa shape index (κ3) is 6.14. The first-order valence-corrected chi connectivity index (χ1v) is 20.5. The maximum absolute atomic E-state index is 9.34. The molecule has 0 amide bonds. The van der Waals surface area contributed by atoms with E-state index in [0.717, 1.165) is 82.9 Å². The van der Waals surface area contributed by atoms with Crippen molar-refractivity contribution in [2.45, 2.75) is 0 Å². The summed E-state index contributed by atoms with van der Waals surface area (Å²) >= 11 is 0. The maximum Gasteiger partial charge on any atom is 0.164 e. The molecule has 0 aliphatic heterocycles. The molecule has 0 fully saturated rings. The van der Waals surface area contributed by atoms with Crippen LogP contribution < -0.4 is 0 Å². The van der Waals surface area contributed by atoms with Crippen LogP contribution in [0, 0.1) is 0 Å². The fourth-order valence-electron chi connectivity index (χ4n) is 8.61. The Morgan fingerprint density at radius 3 is 1.60 bits per heavy atom. The second kappa shape index (κ2) is 14.7. The summed E-state index contributed by atoms with van der Waals surface area (Å²) in [6.07, 6.45) is 0. The van der Waals surface area contributed by atoms with E-state index in [1.165, 1.54) is 0 Å². The predicted molar refractivity (Wildman–Crippen MR) is 254 cm³/mol. The number of fused-ring (bicyclic) bond motifs is 6. The second-order valence-corrected chi connectivity index (χ2v) is 15.3. The number of hydrogen-bond acceptors (Lipinski definition) is 4. The van der Waals surface area contributed by atoms with Crippen molar-refractivity contribution in [2.75, 3.05) is 0 Å². The molecule has 0 N–H and O–H groups in total. The van der Waals surface area contributed by atoms with Crippen molar-refractivity contribution in [1.29, 1.82) is 0 Å². The first-order chi connectivity index (χ1) is 32.4. The molecule has 0 unspecified atom stereocenters. The Bertz CT molecular complexity index is 3790. The third-order valence-electron chi connectivity index (χ3n) is 11.6. The van der Waals surface area contributed by atoms with E-state index in [-0.39, 0.29) is 24.2 Å². The molecule has 0 aliphatic rings. The second-order valence-electron chi connectivity index (χ2n) is 15.3. The monoisotopic (exact) mass is 796 g/mol. The fourth-order valence-corrected chi connectivity index (χ4v) is 8.61. The first kappa shape index (κ1) is 31.5. The van der Waals surface area contributed by atoms with E-state index in [2.05, 4.69) is 54.6 Å². The number of para-hydroxylation sites is 3. The first-order valence-electron chi connectivity index (χ1n) is 22.5. The van der Waals surface area contributed by atoms with Crippen LogP contribution in [-0.4, -0.2) is 19.5 Å². The Morgan fingerprint density at radius 1 is 0.371 bits per heavy atom. The molecule has 0 atom stereocenters. The molecular formula is C57H36N4O. The minimum atomic E-state index is -0.292. The quantitative estimate of drug-likeness (QED) is 0.161. The topological polar surface area (TPSA) is 56.7 Å². The number of rotatable bonds is 7. The van der Waals surface area contributed by atoms with Crippen molar-refractivity contribution in [3.05, 3.63) is 218 Å². The Labute approximate surface area is 363 Å². The van der Waals surface area contributed by atoms with Crippen molar-refractivity contribution in [2.24, 2.45) is 0 Å². The molecule has 3 aromatic heterocycles. The van der Waals surface area contributed by atoms with Crippen LogP contribution in [0.15, 0.2) is 223 Å². The lowest BCUT2D eigenvalue weighted by molar-refractivity contribution is 0.669. The van der Waals surface area contributed by atoms with Crippen LogP contribution in [0.2, 0.25) is 0 Å². The normalized spacial score (nSPS) is 12.5. The van der Waals surface area contributed by atoms with E-state index in [9.17, 15) is 2.74 Å². The van der Waals surface area contributed by atoms with E-state index in [1.54, 1.807) is 0 Å². The molecule has 290 valence electrons. The summed E-state index contributed by atoms with van der Waals surface area (Å²) in [5, 5.41) is 3.24. The average Bonchev–Trinajstić information content (AvgIpc) is 3.94. The summed E-state index contributed by atoms with van der Waals surface area (Å²) in [5.41, 5.74) is 11.9. The highest BCUT2D eigenvalue weighted by atomic mass is 16.3. The van der Waals surface area contributed by atoms with Crippen molar-refractivity contribution >= 4 is 43.7 Å². The van der Waals surface area contributed by atoms with Crippen LogP contribution >= 0.6 is 0 Å². The van der Waals surface area contributed by atoms with Gasteiger partial charge in [-0.1, -0.05) is 152 Å². The van der Waals surface area contributed by atoms with Gasteiger partial charge in [-0.25, -0.2) is 15.0 Å². The molecule has 5 nitrogen and oxygen atoms in total. The van der Waals surface area contributed by atoms with Gasteiger partial charge in [0.05, 0.1) is 16.5 Å². The highest BCUT2D eigenvalue weighted by molar-refractivity contribution is 6.14. The van der Waals surface area contributed by atoms with Gasteiger partial charge in [0.1, 0.15) is 11.2 Å². The fraction of sp³-hybridized carbons (Fsp3) is 0. The lowest BCUT2D eigenvalue weighted by atomic mass is 9.92. The van der Waals surface area contributed by atoms with Gasteiger partial charge in [0.15, 0.2) is 17.5 Å². The Balaban J connectivity index is 1.05. The maximum atomic E-state index is 9.34.